The van der Waals surface area contributed by atoms with Gasteiger partial charge >= 0.3 is 0 Å². The number of fused-ring (bicyclic) bond motifs is 1. The number of hydrogen-bond acceptors (Lipinski definition) is 5. The van der Waals surface area contributed by atoms with Crippen LogP contribution in [-0.2, 0) is 0 Å². The van der Waals surface area contributed by atoms with Gasteiger partial charge < -0.3 is 4.42 Å². The monoisotopic (exact) mass is 350 g/mol. The Balaban J connectivity index is 1.78. The number of unbranched alkanes of at least 4 members (excludes halogenated alkanes) is 3. The van der Waals surface area contributed by atoms with Gasteiger partial charge in [-0.05, 0) is 25.5 Å². The molecule has 122 valence electrons. The molecule has 0 radical (unpaired) electrons. The van der Waals surface area contributed by atoms with Gasteiger partial charge in [0.25, 0.3) is 11.1 Å². The van der Waals surface area contributed by atoms with Crippen LogP contribution in [0.2, 0.25) is 5.02 Å². The first-order chi connectivity index (χ1) is 11.2. The Morgan fingerprint density at radius 3 is 2.91 bits per heavy atom. The van der Waals surface area contributed by atoms with E-state index < -0.39 is 0 Å². The maximum absolute atomic E-state index is 6.08. The average Bonchev–Trinajstić information content (AvgIpc) is 3.10. The lowest BCUT2D eigenvalue weighted by atomic mass is 10.2. The maximum Gasteiger partial charge on any atom is 0.276 e. The fourth-order valence-corrected chi connectivity index (χ4v) is 3.37. The van der Waals surface area contributed by atoms with Gasteiger partial charge in [-0.2, -0.15) is 0 Å². The van der Waals surface area contributed by atoms with Crippen molar-refractivity contribution in [1.29, 1.82) is 0 Å². The van der Waals surface area contributed by atoms with E-state index in [1.807, 2.05) is 29.7 Å². The van der Waals surface area contributed by atoms with E-state index in [0.29, 0.717) is 16.1 Å². The Kier molecular flexibility index (Phi) is 5.23. The van der Waals surface area contributed by atoms with Gasteiger partial charge in [-0.25, -0.2) is 4.98 Å². The molecule has 0 spiro atoms. The van der Waals surface area contributed by atoms with Crippen LogP contribution in [0.4, 0.5) is 0 Å². The molecule has 7 heteroatoms. The number of hydrogen-bond donors (Lipinski definition) is 0. The molecule has 0 unspecified atom stereocenters. The Labute approximate surface area is 144 Å². The molecule has 0 aliphatic carbocycles. The highest BCUT2D eigenvalue weighted by atomic mass is 35.5. The van der Waals surface area contributed by atoms with E-state index in [1.165, 1.54) is 25.7 Å². The second-order valence-corrected chi connectivity index (χ2v) is 6.89. The van der Waals surface area contributed by atoms with Crippen LogP contribution in [-0.4, -0.2) is 25.3 Å². The van der Waals surface area contributed by atoms with Crippen molar-refractivity contribution in [2.24, 2.45) is 0 Å². The molecule has 0 bridgehead atoms. The average molecular weight is 351 g/mol. The molecule has 3 aromatic heterocycles. The Morgan fingerprint density at radius 1 is 1.22 bits per heavy atom. The number of aromatic nitrogens is 4. The largest absolute Gasteiger partial charge is 0.410 e. The number of nitrogens with zero attached hydrogens (tertiary/aromatic N) is 4. The van der Waals surface area contributed by atoms with Crippen LogP contribution in [0.25, 0.3) is 17.2 Å². The van der Waals surface area contributed by atoms with Crippen molar-refractivity contribution in [2.75, 3.05) is 5.75 Å². The molecule has 0 N–H and O–H groups in total. The second kappa shape index (κ2) is 7.36. The zero-order chi connectivity index (χ0) is 16.2. The summed E-state index contributed by atoms with van der Waals surface area (Å²) in [5, 5.41) is 9.55. The molecule has 3 rings (SSSR count). The summed E-state index contributed by atoms with van der Waals surface area (Å²) in [6.45, 7) is 4.14. The molecule has 0 saturated carbocycles. The molecular weight excluding hydrogens is 332 g/mol. The summed E-state index contributed by atoms with van der Waals surface area (Å²) >= 11 is 7.69. The first-order valence-electron chi connectivity index (χ1n) is 7.80. The molecule has 5 nitrogen and oxygen atoms in total. The van der Waals surface area contributed by atoms with E-state index in [-0.39, 0.29) is 0 Å². The van der Waals surface area contributed by atoms with Crippen LogP contribution < -0.4 is 0 Å². The summed E-state index contributed by atoms with van der Waals surface area (Å²) in [6.07, 6.45) is 6.74. The highest BCUT2D eigenvalue weighted by Gasteiger charge is 2.17. The third-order valence-electron chi connectivity index (χ3n) is 3.59. The minimum atomic E-state index is 0.480. The molecule has 0 aromatic carbocycles. The predicted octanol–water partition coefficient (Wildman–Crippen LogP) is 5.02. The van der Waals surface area contributed by atoms with Gasteiger partial charge in [-0.15, -0.1) is 10.2 Å². The van der Waals surface area contributed by atoms with Crippen molar-refractivity contribution in [2.45, 2.75) is 44.8 Å². The van der Waals surface area contributed by atoms with Gasteiger partial charge in [-0.3, -0.25) is 4.40 Å². The van der Waals surface area contributed by atoms with Crippen molar-refractivity contribution in [3.63, 3.8) is 0 Å². The molecule has 23 heavy (non-hydrogen) atoms. The zero-order valence-electron chi connectivity index (χ0n) is 13.3. The van der Waals surface area contributed by atoms with E-state index >= 15 is 0 Å². The molecule has 3 heterocycles. The van der Waals surface area contributed by atoms with Crippen molar-refractivity contribution in [3.8, 4) is 11.6 Å². The fourth-order valence-electron chi connectivity index (χ4n) is 2.45. The van der Waals surface area contributed by atoms with Crippen LogP contribution in [0.15, 0.2) is 28.0 Å². The molecule has 0 atom stereocenters. The molecule has 0 saturated heterocycles. The van der Waals surface area contributed by atoms with Crippen molar-refractivity contribution in [3.05, 3.63) is 29.0 Å². The van der Waals surface area contributed by atoms with Gasteiger partial charge in [0.1, 0.15) is 11.3 Å². The number of rotatable bonds is 7. The van der Waals surface area contributed by atoms with Crippen molar-refractivity contribution < 1.29 is 4.42 Å². The summed E-state index contributed by atoms with van der Waals surface area (Å²) in [5.74, 6) is 1.48. The van der Waals surface area contributed by atoms with Crippen LogP contribution in [0.1, 0.15) is 38.3 Å². The third-order valence-corrected chi connectivity index (χ3v) is 4.72. The predicted molar refractivity (Wildman–Crippen MR) is 93.1 cm³/mol. The summed E-state index contributed by atoms with van der Waals surface area (Å²) in [6, 6.07) is 3.69. The number of imidazole rings is 1. The lowest BCUT2D eigenvalue weighted by Crippen LogP contribution is -1.89. The van der Waals surface area contributed by atoms with E-state index in [2.05, 4.69) is 22.1 Å². The minimum absolute atomic E-state index is 0.480. The summed E-state index contributed by atoms with van der Waals surface area (Å²) in [5.41, 5.74) is 2.46. The SMILES string of the molecule is CCCCCCSc1nnc(-c2c(C)nc3ccc(Cl)cn23)o1. The van der Waals surface area contributed by atoms with Gasteiger partial charge in [0, 0.05) is 11.9 Å². The van der Waals surface area contributed by atoms with Gasteiger partial charge in [0.05, 0.1) is 10.7 Å². The quantitative estimate of drug-likeness (QED) is 0.442. The van der Waals surface area contributed by atoms with E-state index in [1.54, 1.807) is 11.8 Å². The molecule has 0 amide bonds. The highest BCUT2D eigenvalue weighted by Crippen LogP contribution is 2.28. The van der Waals surface area contributed by atoms with Crippen molar-refractivity contribution in [1.82, 2.24) is 19.6 Å². The number of pyridine rings is 1. The number of thioether (sulfide) groups is 1. The van der Waals surface area contributed by atoms with Crippen LogP contribution >= 0.6 is 23.4 Å². The van der Waals surface area contributed by atoms with Crippen LogP contribution in [0, 0.1) is 6.92 Å². The van der Waals surface area contributed by atoms with E-state index in [9.17, 15) is 0 Å². The first kappa shape index (κ1) is 16.3. The zero-order valence-corrected chi connectivity index (χ0v) is 14.8. The fraction of sp³-hybridized carbons (Fsp3) is 0.438. The van der Waals surface area contributed by atoms with E-state index in [0.717, 1.165) is 22.8 Å². The van der Waals surface area contributed by atoms with E-state index in [4.69, 9.17) is 16.0 Å². The maximum atomic E-state index is 6.08. The summed E-state index contributed by atoms with van der Waals surface area (Å²) < 4.78 is 7.69. The Bertz CT molecular complexity index is 799. The smallest absolute Gasteiger partial charge is 0.276 e. The summed E-state index contributed by atoms with van der Waals surface area (Å²) in [4.78, 5) is 4.51. The molecule has 3 aromatic rings. The molecule has 0 aliphatic rings. The minimum Gasteiger partial charge on any atom is -0.410 e. The number of aryl methyl sites for hydroxylation is 1. The summed E-state index contributed by atoms with van der Waals surface area (Å²) in [7, 11) is 0. The van der Waals surface area contributed by atoms with Crippen LogP contribution in [0.5, 0.6) is 0 Å². The first-order valence-corrected chi connectivity index (χ1v) is 9.16. The number of halogens is 1. The van der Waals surface area contributed by atoms with Gasteiger partial charge in [0.15, 0.2) is 0 Å². The van der Waals surface area contributed by atoms with Crippen LogP contribution in [0.3, 0.4) is 0 Å². The topological polar surface area (TPSA) is 56.2 Å². The molecule has 0 fully saturated rings. The molecular formula is C16H19ClN4OS. The van der Waals surface area contributed by atoms with Crippen molar-refractivity contribution >= 4 is 29.0 Å². The lowest BCUT2D eigenvalue weighted by Gasteiger charge is -1.99. The standard InChI is InChI=1S/C16H19ClN4OS/c1-3-4-5-6-9-23-16-20-19-15(22-16)14-11(2)18-13-8-7-12(17)10-21(13)14/h7-8,10H,3-6,9H2,1-2H3. The lowest BCUT2D eigenvalue weighted by molar-refractivity contribution is 0.463. The van der Waals surface area contributed by atoms with Gasteiger partial charge in [0.2, 0.25) is 0 Å². The Morgan fingerprint density at radius 2 is 2.09 bits per heavy atom. The third kappa shape index (κ3) is 3.70. The molecule has 0 aliphatic heterocycles. The Hall–Kier alpha value is -1.53. The second-order valence-electron chi connectivity index (χ2n) is 5.40. The van der Waals surface area contributed by atoms with Gasteiger partial charge in [-0.1, -0.05) is 49.5 Å². The highest BCUT2D eigenvalue weighted by molar-refractivity contribution is 7.99. The normalized spacial score (nSPS) is 11.4.